The average Bonchev–Trinajstić information content (AvgIpc) is 2.17. The summed E-state index contributed by atoms with van der Waals surface area (Å²) in [5, 5.41) is 0. The number of halogens is 1. The van der Waals surface area contributed by atoms with Crippen LogP contribution in [0, 0.1) is 5.41 Å². The number of hydrogen-bond acceptors (Lipinski definition) is 3. The molecule has 0 unspecified atom stereocenters. The van der Waals surface area contributed by atoms with Gasteiger partial charge in [-0.15, -0.1) is 0 Å². The first-order chi connectivity index (χ1) is 6.94. The Morgan fingerprint density at radius 2 is 2.13 bits per heavy atom. The molecule has 0 aliphatic rings. The Kier molecular flexibility index (Phi) is 4.11. The van der Waals surface area contributed by atoms with Crippen LogP contribution < -0.4 is 10.6 Å². The van der Waals surface area contributed by atoms with Gasteiger partial charge in [-0.2, -0.15) is 0 Å². The number of aromatic nitrogens is 1. The first-order valence-corrected chi connectivity index (χ1v) is 5.76. The van der Waals surface area contributed by atoms with Gasteiger partial charge >= 0.3 is 0 Å². The number of nitrogens with two attached hydrogens (primary N) is 1. The summed E-state index contributed by atoms with van der Waals surface area (Å²) in [7, 11) is 2.06. The first-order valence-electron chi connectivity index (χ1n) is 4.96. The highest BCUT2D eigenvalue weighted by molar-refractivity contribution is 9.10. The van der Waals surface area contributed by atoms with Gasteiger partial charge in [-0.3, -0.25) is 4.98 Å². The van der Waals surface area contributed by atoms with E-state index >= 15 is 0 Å². The van der Waals surface area contributed by atoms with E-state index in [1.165, 1.54) is 0 Å². The Balaban J connectivity index is 2.73. The second kappa shape index (κ2) is 4.94. The maximum atomic E-state index is 5.71. The maximum absolute atomic E-state index is 5.71. The lowest BCUT2D eigenvalue weighted by molar-refractivity contribution is 0.385. The Morgan fingerprint density at radius 3 is 2.67 bits per heavy atom. The van der Waals surface area contributed by atoms with E-state index in [1.54, 1.807) is 6.20 Å². The lowest BCUT2D eigenvalue weighted by atomic mass is 9.93. The maximum Gasteiger partial charge on any atom is 0.0561 e. The third-order valence-electron chi connectivity index (χ3n) is 2.35. The van der Waals surface area contributed by atoms with Crippen molar-refractivity contribution in [3.8, 4) is 0 Å². The number of anilines is 1. The summed E-state index contributed by atoms with van der Waals surface area (Å²) in [5.41, 5.74) is 6.94. The third kappa shape index (κ3) is 3.80. The monoisotopic (exact) mass is 271 g/mol. The van der Waals surface area contributed by atoms with Gasteiger partial charge < -0.3 is 10.6 Å². The van der Waals surface area contributed by atoms with Crippen LogP contribution >= 0.6 is 15.9 Å². The predicted octanol–water partition coefficient (Wildman–Crippen LogP) is 2.27. The summed E-state index contributed by atoms with van der Waals surface area (Å²) in [6.45, 7) is 5.92. The van der Waals surface area contributed by atoms with E-state index in [-0.39, 0.29) is 5.41 Å². The predicted molar refractivity (Wildman–Crippen MR) is 68.0 cm³/mol. The van der Waals surface area contributed by atoms with E-state index in [2.05, 4.69) is 52.8 Å². The summed E-state index contributed by atoms with van der Waals surface area (Å²) in [6, 6.07) is 2.06. The number of nitrogens with zero attached hydrogens (tertiary/aromatic N) is 2. The van der Waals surface area contributed by atoms with Crippen molar-refractivity contribution in [3.63, 3.8) is 0 Å². The van der Waals surface area contributed by atoms with Crippen LogP contribution in [0.15, 0.2) is 22.9 Å². The zero-order valence-electron chi connectivity index (χ0n) is 9.50. The molecule has 0 bridgehead atoms. The molecule has 0 aliphatic carbocycles. The van der Waals surface area contributed by atoms with Crippen molar-refractivity contribution in [2.45, 2.75) is 13.8 Å². The Bertz CT molecular complexity index is 325. The molecular weight excluding hydrogens is 254 g/mol. The Labute approximate surface area is 99.8 Å². The summed E-state index contributed by atoms with van der Waals surface area (Å²) in [4.78, 5) is 6.31. The van der Waals surface area contributed by atoms with Crippen molar-refractivity contribution in [2.75, 3.05) is 25.0 Å². The molecule has 0 spiro atoms. The van der Waals surface area contributed by atoms with Gasteiger partial charge in [0.2, 0.25) is 0 Å². The lowest BCUT2D eigenvalue weighted by Crippen LogP contribution is -2.36. The standard InChI is InChI=1S/C11H18BrN3/c1-11(2,7-13)8-15(3)10-4-9(12)5-14-6-10/h4-6H,7-8,13H2,1-3H3. The minimum absolute atomic E-state index is 0.122. The van der Waals surface area contributed by atoms with Gasteiger partial charge in [-0.05, 0) is 34.0 Å². The second-order valence-corrected chi connectivity index (χ2v) is 5.50. The van der Waals surface area contributed by atoms with E-state index in [0.29, 0.717) is 6.54 Å². The number of pyridine rings is 1. The molecule has 0 fully saturated rings. The van der Waals surface area contributed by atoms with Crippen LogP contribution in [0.4, 0.5) is 5.69 Å². The fraction of sp³-hybridized carbons (Fsp3) is 0.545. The zero-order chi connectivity index (χ0) is 11.5. The van der Waals surface area contributed by atoms with Gasteiger partial charge in [0, 0.05) is 24.3 Å². The Morgan fingerprint density at radius 1 is 1.47 bits per heavy atom. The molecule has 15 heavy (non-hydrogen) atoms. The molecule has 0 saturated heterocycles. The van der Waals surface area contributed by atoms with Crippen molar-refractivity contribution in [1.82, 2.24) is 4.98 Å². The lowest BCUT2D eigenvalue weighted by Gasteiger charge is -2.30. The van der Waals surface area contributed by atoms with E-state index in [4.69, 9.17) is 5.73 Å². The fourth-order valence-corrected chi connectivity index (χ4v) is 1.76. The molecular formula is C11H18BrN3. The molecule has 3 nitrogen and oxygen atoms in total. The zero-order valence-corrected chi connectivity index (χ0v) is 11.1. The summed E-state index contributed by atoms with van der Waals surface area (Å²) < 4.78 is 0.998. The van der Waals surface area contributed by atoms with Crippen molar-refractivity contribution in [1.29, 1.82) is 0 Å². The summed E-state index contributed by atoms with van der Waals surface area (Å²) in [5.74, 6) is 0. The van der Waals surface area contributed by atoms with Crippen LogP contribution in [0.25, 0.3) is 0 Å². The molecule has 0 saturated carbocycles. The van der Waals surface area contributed by atoms with Crippen LogP contribution in [-0.2, 0) is 0 Å². The molecule has 2 N–H and O–H groups in total. The van der Waals surface area contributed by atoms with E-state index in [1.807, 2.05) is 6.20 Å². The normalized spacial score (nSPS) is 11.5. The quantitative estimate of drug-likeness (QED) is 0.914. The van der Waals surface area contributed by atoms with Gasteiger partial charge in [0.15, 0.2) is 0 Å². The van der Waals surface area contributed by atoms with Gasteiger partial charge in [-0.1, -0.05) is 13.8 Å². The highest BCUT2D eigenvalue weighted by atomic mass is 79.9. The SMILES string of the molecule is CN(CC(C)(C)CN)c1cncc(Br)c1. The first kappa shape index (κ1) is 12.5. The number of hydrogen-bond donors (Lipinski definition) is 1. The molecule has 1 aromatic heterocycles. The molecule has 1 rings (SSSR count). The fourth-order valence-electron chi connectivity index (χ4n) is 1.41. The average molecular weight is 272 g/mol. The van der Waals surface area contributed by atoms with Crippen LogP contribution in [0.5, 0.6) is 0 Å². The van der Waals surface area contributed by atoms with Crippen molar-refractivity contribution in [3.05, 3.63) is 22.9 Å². The minimum Gasteiger partial charge on any atom is -0.373 e. The highest BCUT2D eigenvalue weighted by Crippen LogP contribution is 2.21. The minimum atomic E-state index is 0.122. The van der Waals surface area contributed by atoms with Gasteiger partial charge in [0.1, 0.15) is 0 Å². The van der Waals surface area contributed by atoms with E-state index in [9.17, 15) is 0 Å². The molecule has 1 aromatic rings. The highest BCUT2D eigenvalue weighted by Gasteiger charge is 2.18. The van der Waals surface area contributed by atoms with Crippen molar-refractivity contribution in [2.24, 2.45) is 11.1 Å². The summed E-state index contributed by atoms with van der Waals surface area (Å²) >= 11 is 3.41. The van der Waals surface area contributed by atoms with Gasteiger partial charge in [0.25, 0.3) is 0 Å². The molecule has 0 amide bonds. The van der Waals surface area contributed by atoms with Crippen LogP contribution in [0.2, 0.25) is 0 Å². The second-order valence-electron chi connectivity index (χ2n) is 4.59. The molecule has 0 aliphatic heterocycles. The van der Waals surface area contributed by atoms with Gasteiger partial charge in [0.05, 0.1) is 11.9 Å². The van der Waals surface area contributed by atoms with E-state index in [0.717, 1.165) is 16.7 Å². The largest absolute Gasteiger partial charge is 0.373 e. The topological polar surface area (TPSA) is 42.1 Å². The molecule has 0 radical (unpaired) electrons. The molecule has 4 heteroatoms. The van der Waals surface area contributed by atoms with Crippen LogP contribution in [0.1, 0.15) is 13.8 Å². The van der Waals surface area contributed by atoms with Gasteiger partial charge in [-0.25, -0.2) is 0 Å². The summed E-state index contributed by atoms with van der Waals surface area (Å²) in [6.07, 6.45) is 3.64. The molecule has 0 atom stereocenters. The third-order valence-corrected chi connectivity index (χ3v) is 2.78. The van der Waals surface area contributed by atoms with E-state index < -0.39 is 0 Å². The molecule has 84 valence electrons. The molecule has 0 aromatic carbocycles. The van der Waals surface area contributed by atoms with Crippen LogP contribution in [-0.4, -0.2) is 25.1 Å². The Hall–Kier alpha value is -0.610. The number of rotatable bonds is 4. The van der Waals surface area contributed by atoms with Crippen LogP contribution in [0.3, 0.4) is 0 Å². The van der Waals surface area contributed by atoms with Crippen molar-refractivity contribution < 1.29 is 0 Å². The smallest absolute Gasteiger partial charge is 0.0561 e. The molecule has 1 heterocycles. The van der Waals surface area contributed by atoms with Crippen molar-refractivity contribution >= 4 is 21.6 Å².